The van der Waals surface area contributed by atoms with Gasteiger partial charge in [0.25, 0.3) is 0 Å². The Morgan fingerprint density at radius 3 is 2.12 bits per heavy atom. The van der Waals surface area contributed by atoms with Crippen LogP contribution < -0.4 is 0 Å². The molecule has 1 fully saturated rings. The van der Waals surface area contributed by atoms with Crippen molar-refractivity contribution in [1.82, 2.24) is 0 Å². The zero-order valence-electron chi connectivity index (χ0n) is 12.2. The number of nitrogens with one attached hydrogen (secondary N) is 1. The third-order valence-corrected chi connectivity index (χ3v) is 4.14. The van der Waals surface area contributed by atoms with Crippen LogP contribution in [0, 0.1) is 16.7 Å². The van der Waals surface area contributed by atoms with E-state index in [1.54, 1.807) is 48.5 Å². The van der Waals surface area contributed by atoms with Crippen LogP contribution in [0.5, 0.6) is 0 Å². The van der Waals surface area contributed by atoms with Gasteiger partial charge < -0.3 is 4.74 Å². The maximum atomic E-state index is 12.7. The Kier molecular flexibility index (Phi) is 4.39. The summed E-state index contributed by atoms with van der Waals surface area (Å²) < 4.78 is 5.33. The molecule has 0 radical (unpaired) electrons. The fourth-order valence-electron chi connectivity index (χ4n) is 2.46. The van der Waals surface area contributed by atoms with Gasteiger partial charge in [0.1, 0.15) is 17.6 Å². The molecule has 1 aliphatic rings. The van der Waals surface area contributed by atoms with Crippen LogP contribution in [0.2, 0.25) is 10.0 Å². The second-order valence-corrected chi connectivity index (χ2v) is 6.01. The highest BCUT2D eigenvalue weighted by molar-refractivity contribution is 6.31. The van der Waals surface area contributed by atoms with E-state index in [1.165, 1.54) is 0 Å². The number of benzene rings is 2. The van der Waals surface area contributed by atoms with Gasteiger partial charge in [0.15, 0.2) is 5.76 Å². The molecule has 0 amide bonds. The SMILES string of the molecule is N#C/C(=C1\OC(=N)C(c2ccc(Cl)cc2)C1=O)c1ccc(Cl)cc1. The van der Waals surface area contributed by atoms with Gasteiger partial charge in [-0.15, -0.1) is 0 Å². The molecule has 0 bridgehead atoms. The number of nitrogens with zero attached hydrogens (tertiary/aromatic N) is 1. The smallest absolute Gasteiger partial charge is 0.216 e. The van der Waals surface area contributed by atoms with Gasteiger partial charge in [-0.25, -0.2) is 0 Å². The van der Waals surface area contributed by atoms with Crippen molar-refractivity contribution in [3.05, 3.63) is 75.5 Å². The van der Waals surface area contributed by atoms with Crippen molar-refractivity contribution in [3.8, 4) is 6.07 Å². The third-order valence-electron chi connectivity index (χ3n) is 3.64. The average molecular weight is 357 g/mol. The number of nitriles is 1. The highest BCUT2D eigenvalue weighted by Crippen LogP contribution is 2.34. The molecule has 2 aromatic carbocycles. The van der Waals surface area contributed by atoms with Crippen LogP contribution in [-0.2, 0) is 9.53 Å². The van der Waals surface area contributed by atoms with Gasteiger partial charge in [-0.1, -0.05) is 47.5 Å². The first-order valence-electron chi connectivity index (χ1n) is 6.97. The number of allylic oxidation sites excluding steroid dienone is 2. The summed E-state index contributed by atoms with van der Waals surface area (Å²) in [6.07, 6.45) is 0. The van der Waals surface area contributed by atoms with Crippen LogP contribution in [0.25, 0.3) is 5.57 Å². The van der Waals surface area contributed by atoms with Gasteiger partial charge in [-0.05, 0) is 35.4 Å². The highest BCUT2D eigenvalue weighted by atomic mass is 35.5. The van der Waals surface area contributed by atoms with Crippen molar-refractivity contribution in [2.45, 2.75) is 5.92 Å². The molecule has 1 heterocycles. The molecule has 0 spiro atoms. The molecule has 0 aromatic heterocycles. The minimum atomic E-state index is -0.868. The van der Waals surface area contributed by atoms with E-state index in [9.17, 15) is 10.1 Å². The number of carbonyl (C=O) groups is 1. The predicted molar refractivity (Wildman–Crippen MR) is 92.0 cm³/mol. The van der Waals surface area contributed by atoms with E-state index in [0.29, 0.717) is 21.2 Å². The summed E-state index contributed by atoms with van der Waals surface area (Å²) in [5, 5.41) is 18.5. The predicted octanol–water partition coefficient (Wildman–Crippen LogP) is 4.59. The number of ether oxygens (including phenoxy) is 1. The summed E-state index contributed by atoms with van der Waals surface area (Å²) in [6, 6.07) is 15.1. The maximum absolute atomic E-state index is 12.7. The average Bonchev–Trinajstić information content (AvgIpc) is 2.86. The monoisotopic (exact) mass is 356 g/mol. The summed E-state index contributed by atoms with van der Waals surface area (Å²) in [4.78, 5) is 12.7. The van der Waals surface area contributed by atoms with Crippen LogP contribution in [0.3, 0.4) is 0 Å². The zero-order valence-corrected chi connectivity index (χ0v) is 13.7. The minimum absolute atomic E-state index is 0.0814. The second kappa shape index (κ2) is 6.48. The molecular formula is C18H10Cl2N2O2. The number of halogens is 2. The van der Waals surface area contributed by atoms with Crippen molar-refractivity contribution in [2.75, 3.05) is 0 Å². The summed E-state index contributed by atoms with van der Waals surface area (Å²) in [5.74, 6) is -1.62. The van der Waals surface area contributed by atoms with Crippen LogP contribution in [0.1, 0.15) is 17.0 Å². The molecule has 24 heavy (non-hydrogen) atoms. The molecular weight excluding hydrogens is 347 g/mol. The first kappa shape index (κ1) is 16.3. The van der Waals surface area contributed by atoms with Crippen LogP contribution >= 0.6 is 23.2 Å². The number of Topliss-reactive ketones (excluding diaryl/α,β-unsaturated/α-hetero) is 1. The summed E-state index contributed by atoms with van der Waals surface area (Å²) >= 11 is 11.7. The zero-order chi connectivity index (χ0) is 17.3. The van der Waals surface area contributed by atoms with Gasteiger partial charge >= 0.3 is 0 Å². The van der Waals surface area contributed by atoms with Gasteiger partial charge in [-0.2, -0.15) is 5.26 Å². The van der Waals surface area contributed by atoms with E-state index in [2.05, 4.69) is 0 Å². The lowest BCUT2D eigenvalue weighted by atomic mass is 9.93. The van der Waals surface area contributed by atoms with Gasteiger partial charge in [0.05, 0.1) is 0 Å². The van der Waals surface area contributed by atoms with E-state index >= 15 is 0 Å². The molecule has 4 nitrogen and oxygen atoms in total. The summed E-state index contributed by atoms with van der Waals surface area (Å²) in [6.45, 7) is 0. The van der Waals surface area contributed by atoms with Crippen molar-refractivity contribution in [3.63, 3.8) is 0 Å². The first-order chi connectivity index (χ1) is 11.5. The fraction of sp³-hybridized carbons (Fsp3) is 0.0556. The molecule has 1 atom stereocenters. The van der Waals surface area contributed by atoms with Gasteiger partial charge in [0, 0.05) is 10.0 Å². The molecule has 1 N–H and O–H groups in total. The Labute approximate surface area is 148 Å². The Morgan fingerprint density at radius 1 is 1.04 bits per heavy atom. The van der Waals surface area contributed by atoms with Gasteiger partial charge in [0.2, 0.25) is 11.7 Å². The van der Waals surface area contributed by atoms with E-state index in [4.69, 9.17) is 33.3 Å². The van der Waals surface area contributed by atoms with E-state index < -0.39 is 11.7 Å². The molecule has 0 saturated carbocycles. The number of carbonyl (C=O) groups excluding carboxylic acids is 1. The van der Waals surface area contributed by atoms with Crippen LogP contribution in [0.4, 0.5) is 0 Å². The lowest BCUT2D eigenvalue weighted by Gasteiger charge is -2.05. The lowest BCUT2D eigenvalue weighted by molar-refractivity contribution is -0.115. The van der Waals surface area contributed by atoms with Crippen LogP contribution in [0.15, 0.2) is 54.3 Å². The fourth-order valence-corrected chi connectivity index (χ4v) is 2.72. The number of rotatable bonds is 2. The largest absolute Gasteiger partial charge is 0.437 e. The highest BCUT2D eigenvalue weighted by Gasteiger charge is 2.40. The Bertz CT molecular complexity index is 894. The van der Waals surface area contributed by atoms with Crippen molar-refractivity contribution in [1.29, 1.82) is 10.7 Å². The number of hydrogen-bond donors (Lipinski definition) is 1. The molecule has 118 valence electrons. The number of hydrogen-bond acceptors (Lipinski definition) is 4. The third kappa shape index (κ3) is 2.92. The quantitative estimate of drug-likeness (QED) is 0.631. The van der Waals surface area contributed by atoms with E-state index in [-0.39, 0.29) is 17.2 Å². The second-order valence-electron chi connectivity index (χ2n) is 5.14. The lowest BCUT2D eigenvalue weighted by Crippen LogP contribution is -2.12. The molecule has 6 heteroatoms. The molecule has 3 rings (SSSR count). The van der Waals surface area contributed by atoms with E-state index in [1.807, 2.05) is 6.07 Å². The first-order valence-corrected chi connectivity index (χ1v) is 7.73. The van der Waals surface area contributed by atoms with Crippen LogP contribution in [-0.4, -0.2) is 11.7 Å². The standard InChI is InChI=1S/C18H10Cl2N2O2/c19-12-5-1-10(2-6-12)14(9-21)17-16(23)15(18(22)24-17)11-3-7-13(20)8-4-11/h1-8,15,22H/b17-14+,22-18?. The van der Waals surface area contributed by atoms with Crippen molar-refractivity contribution in [2.24, 2.45) is 0 Å². The van der Waals surface area contributed by atoms with E-state index in [0.717, 1.165) is 0 Å². The topological polar surface area (TPSA) is 73.9 Å². The van der Waals surface area contributed by atoms with Crippen molar-refractivity contribution >= 4 is 40.5 Å². The maximum Gasteiger partial charge on any atom is 0.216 e. The Balaban J connectivity index is 2.05. The summed E-state index contributed by atoms with van der Waals surface area (Å²) in [5.41, 5.74) is 1.19. The normalized spacial score (nSPS) is 19.0. The molecule has 2 aromatic rings. The Hall–Kier alpha value is -2.61. The minimum Gasteiger partial charge on any atom is -0.437 e. The molecule has 1 saturated heterocycles. The van der Waals surface area contributed by atoms with Gasteiger partial charge in [-0.3, -0.25) is 10.2 Å². The summed E-state index contributed by atoms with van der Waals surface area (Å²) in [7, 11) is 0. The molecule has 1 aliphatic heterocycles. The molecule has 1 unspecified atom stereocenters. The number of ketones is 1. The molecule has 0 aliphatic carbocycles. The van der Waals surface area contributed by atoms with Crippen molar-refractivity contribution < 1.29 is 9.53 Å². The Morgan fingerprint density at radius 2 is 1.58 bits per heavy atom.